The van der Waals surface area contributed by atoms with Crippen molar-refractivity contribution in [1.29, 1.82) is 0 Å². The summed E-state index contributed by atoms with van der Waals surface area (Å²) in [7, 11) is 1.56. The van der Waals surface area contributed by atoms with Crippen LogP contribution in [0.2, 0.25) is 0 Å². The Hall–Kier alpha value is -4.14. The molecule has 0 spiro atoms. The first-order valence-electron chi connectivity index (χ1n) is 8.48. The lowest BCUT2D eigenvalue weighted by Gasteiger charge is -2.05. The van der Waals surface area contributed by atoms with Crippen molar-refractivity contribution < 1.29 is 23.6 Å². The van der Waals surface area contributed by atoms with Crippen molar-refractivity contribution in [2.75, 3.05) is 13.7 Å². The van der Waals surface area contributed by atoms with Gasteiger partial charge in [-0.05, 0) is 36.4 Å². The van der Waals surface area contributed by atoms with Gasteiger partial charge in [0.1, 0.15) is 23.0 Å². The molecule has 0 radical (unpaired) electrons. The number of hydrogen-bond donors (Lipinski definition) is 1. The molecule has 1 N–H and O–H groups in total. The number of nitrogens with zero attached hydrogens (tertiary/aromatic N) is 2. The van der Waals surface area contributed by atoms with Crippen LogP contribution in [0.5, 0.6) is 11.5 Å². The Labute approximate surface area is 165 Å². The van der Waals surface area contributed by atoms with Crippen LogP contribution in [0.25, 0.3) is 11.3 Å². The fourth-order valence-electron chi connectivity index (χ4n) is 2.37. The molecule has 2 aromatic carbocycles. The van der Waals surface area contributed by atoms with E-state index in [-0.39, 0.29) is 12.3 Å². The normalized spacial score (nSPS) is 10.7. The highest BCUT2D eigenvalue weighted by atomic mass is 16.6. The van der Waals surface area contributed by atoms with E-state index in [1.165, 1.54) is 18.3 Å². The van der Waals surface area contributed by atoms with Gasteiger partial charge >= 0.3 is 0 Å². The molecule has 148 valence electrons. The molecule has 1 heterocycles. The molecule has 1 amide bonds. The molecular weight excluding hydrogens is 378 g/mol. The van der Waals surface area contributed by atoms with Gasteiger partial charge in [0.05, 0.1) is 18.2 Å². The molecular formula is C20H17N3O6. The molecule has 3 rings (SSSR count). The van der Waals surface area contributed by atoms with Crippen molar-refractivity contribution in [1.82, 2.24) is 5.43 Å². The molecule has 1 aromatic heterocycles. The fraction of sp³-hybridized carbons (Fsp3) is 0.100. The third-order valence-electron chi connectivity index (χ3n) is 3.78. The van der Waals surface area contributed by atoms with Crippen molar-refractivity contribution in [3.8, 4) is 22.8 Å². The first kappa shape index (κ1) is 19.6. The SMILES string of the molecule is COc1ccc(OCC(=O)N/N=C\c2ccc(-c3cccc([N+](=O)[O-])c3)o2)cc1. The third-order valence-corrected chi connectivity index (χ3v) is 3.78. The number of furan rings is 1. The van der Waals surface area contributed by atoms with E-state index in [0.29, 0.717) is 28.6 Å². The number of hydrogen-bond acceptors (Lipinski definition) is 7. The molecule has 9 heteroatoms. The summed E-state index contributed by atoms with van der Waals surface area (Å²) in [6.07, 6.45) is 1.33. The maximum Gasteiger partial charge on any atom is 0.277 e. The summed E-state index contributed by atoms with van der Waals surface area (Å²) in [4.78, 5) is 22.2. The third kappa shape index (κ3) is 5.42. The predicted molar refractivity (Wildman–Crippen MR) is 105 cm³/mol. The highest BCUT2D eigenvalue weighted by Gasteiger charge is 2.10. The number of hydrazone groups is 1. The number of amides is 1. The molecule has 0 aliphatic carbocycles. The van der Waals surface area contributed by atoms with Crippen LogP contribution in [0.15, 0.2) is 70.2 Å². The Balaban J connectivity index is 1.52. The van der Waals surface area contributed by atoms with Crippen molar-refractivity contribution in [2.24, 2.45) is 5.10 Å². The second kappa shape index (κ2) is 9.18. The first-order chi connectivity index (χ1) is 14.0. The Morgan fingerprint density at radius 1 is 1.17 bits per heavy atom. The lowest BCUT2D eigenvalue weighted by atomic mass is 10.1. The number of carbonyl (C=O) groups is 1. The molecule has 0 aliphatic rings. The second-order valence-electron chi connectivity index (χ2n) is 5.77. The minimum Gasteiger partial charge on any atom is -0.497 e. The summed E-state index contributed by atoms with van der Waals surface area (Å²) >= 11 is 0. The molecule has 0 bridgehead atoms. The summed E-state index contributed by atoms with van der Waals surface area (Å²) in [5, 5.41) is 14.7. The van der Waals surface area contributed by atoms with E-state index >= 15 is 0 Å². The summed E-state index contributed by atoms with van der Waals surface area (Å²) in [6.45, 7) is -0.208. The number of nitrogens with one attached hydrogen (secondary N) is 1. The van der Waals surface area contributed by atoms with Crippen molar-refractivity contribution in [3.63, 3.8) is 0 Å². The Bertz CT molecular complexity index is 1030. The minimum atomic E-state index is -0.474. The molecule has 3 aromatic rings. The average Bonchev–Trinajstić information content (AvgIpc) is 3.21. The zero-order valence-corrected chi connectivity index (χ0v) is 15.4. The number of rotatable bonds is 8. The zero-order chi connectivity index (χ0) is 20.6. The van der Waals surface area contributed by atoms with Gasteiger partial charge in [-0.15, -0.1) is 0 Å². The van der Waals surface area contributed by atoms with Gasteiger partial charge in [0.25, 0.3) is 11.6 Å². The Morgan fingerprint density at radius 3 is 2.66 bits per heavy atom. The van der Waals surface area contributed by atoms with Crippen molar-refractivity contribution in [3.05, 3.63) is 76.5 Å². The monoisotopic (exact) mass is 395 g/mol. The van der Waals surface area contributed by atoms with Crippen LogP contribution in [0.1, 0.15) is 5.76 Å². The van der Waals surface area contributed by atoms with Gasteiger partial charge in [0.2, 0.25) is 0 Å². The maximum absolute atomic E-state index is 11.8. The van der Waals surface area contributed by atoms with Gasteiger partial charge in [-0.2, -0.15) is 5.10 Å². The topological polar surface area (TPSA) is 116 Å². The number of methoxy groups -OCH3 is 1. The van der Waals surface area contributed by atoms with Crippen molar-refractivity contribution in [2.45, 2.75) is 0 Å². The number of carbonyl (C=O) groups excluding carboxylic acids is 1. The van der Waals surface area contributed by atoms with Gasteiger partial charge < -0.3 is 13.9 Å². The van der Waals surface area contributed by atoms with Crippen molar-refractivity contribution >= 4 is 17.8 Å². The summed E-state index contributed by atoms with van der Waals surface area (Å²) in [5.74, 6) is 1.60. The molecule has 0 atom stereocenters. The Morgan fingerprint density at radius 2 is 1.93 bits per heavy atom. The maximum atomic E-state index is 11.8. The highest BCUT2D eigenvalue weighted by molar-refractivity contribution is 5.81. The van der Waals surface area contributed by atoms with E-state index in [0.717, 1.165) is 0 Å². The fourth-order valence-corrected chi connectivity index (χ4v) is 2.37. The van der Waals surface area contributed by atoms with Crippen LogP contribution < -0.4 is 14.9 Å². The molecule has 0 aliphatic heterocycles. The smallest absolute Gasteiger partial charge is 0.277 e. The van der Waals surface area contributed by atoms with Gasteiger partial charge in [-0.25, -0.2) is 5.43 Å². The summed E-state index contributed by atoms with van der Waals surface area (Å²) in [6, 6.07) is 16.2. The number of ether oxygens (including phenoxy) is 2. The van der Waals surface area contributed by atoms with E-state index in [1.807, 2.05) is 0 Å². The van der Waals surface area contributed by atoms with E-state index in [4.69, 9.17) is 13.9 Å². The molecule has 0 saturated heterocycles. The van der Waals surface area contributed by atoms with E-state index < -0.39 is 10.8 Å². The van der Waals surface area contributed by atoms with Crippen LogP contribution in [0.3, 0.4) is 0 Å². The minimum absolute atomic E-state index is 0.0294. The van der Waals surface area contributed by atoms with E-state index in [2.05, 4.69) is 10.5 Å². The van der Waals surface area contributed by atoms with E-state index in [9.17, 15) is 14.9 Å². The highest BCUT2D eigenvalue weighted by Crippen LogP contribution is 2.25. The molecule has 9 nitrogen and oxygen atoms in total. The second-order valence-corrected chi connectivity index (χ2v) is 5.77. The lowest BCUT2D eigenvalue weighted by molar-refractivity contribution is -0.384. The van der Waals surface area contributed by atoms with Gasteiger partial charge in [-0.1, -0.05) is 12.1 Å². The quantitative estimate of drug-likeness (QED) is 0.355. The van der Waals surface area contributed by atoms with Gasteiger partial charge in [-0.3, -0.25) is 14.9 Å². The molecule has 0 saturated carbocycles. The van der Waals surface area contributed by atoms with Crippen LogP contribution in [-0.2, 0) is 4.79 Å². The first-order valence-corrected chi connectivity index (χ1v) is 8.48. The standard InChI is InChI=1S/C20H17N3O6/c1-27-16-5-7-17(8-6-16)28-13-20(24)22-21-12-18-9-10-19(29-18)14-3-2-4-15(11-14)23(25)26/h2-12H,13H2,1H3,(H,22,24)/b21-12-. The summed E-state index contributed by atoms with van der Waals surface area (Å²) in [5.41, 5.74) is 2.86. The lowest BCUT2D eigenvalue weighted by Crippen LogP contribution is -2.24. The van der Waals surface area contributed by atoms with Crippen LogP contribution in [0, 0.1) is 10.1 Å². The molecule has 0 unspecified atom stereocenters. The average molecular weight is 395 g/mol. The van der Waals surface area contributed by atoms with Crippen LogP contribution in [-0.4, -0.2) is 30.8 Å². The van der Waals surface area contributed by atoms with Gasteiger partial charge in [0, 0.05) is 17.7 Å². The molecule has 29 heavy (non-hydrogen) atoms. The molecule has 0 fully saturated rings. The predicted octanol–water partition coefficient (Wildman–Crippen LogP) is 3.39. The van der Waals surface area contributed by atoms with Gasteiger partial charge in [0.15, 0.2) is 6.61 Å². The largest absolute Gasteiger partial charge is 0.497 e. The number of non-ortho nitro benzene ring substituents is 1. The number of nitro benzene ring substituents is 1. The number of benzene rings is 2. The van der Waals surface area contributed by atoms with Crippen LogP contribution in [0.4, 0.5) is 5.69 Å². The van der Waals surface area contributed by atoms with Crippen LogP contribution >= 0.6 is 0 Å². The summed E-state index contributed by atoms with van der Waals surface area (Å²) < 4.78 is 16.0. The zero-order valence-electron chi connectivity index (χ0n) is 15.4. The van der Waals surface area contributed by atoms with E-state index in [1.54, 1.807) is 55.6 Å². The Kier molecular flexibility index (Phi) is 6.21. The number of nitro groups is 1.